The molecular weight excluding hydrogens is 280 g/mol. The molecule has 6 heteroatoms. The molecule has 2 heterocycles. The van der Waals surface area contributed by atoms with Crippen LogP contribution in [0.2, 0.25) is 0 Å². The largest absolute Gasteiger partial charge is 0.493 e. The van der Waals surface area contributed by atoms with Gasteiger partial charge in [0.25, 0.3) is 0 Å². The Kier molecular flexibility index (Phi) is 3.79. The Balaban J connectivity index is 1.71. The molecule has 0 aliphatic carbocycles. The Bertz CT molecular complexity index is 861. The molecule has 3 rings (SSSR count). The number of fused-ring (bicyclic) bond motifs is 1. The highest BCUT2D eigenvalue weighted by atomic mass is 16.5. The molecule has 0 unspecified atom stereocenters. The minimum atomic E-state index is 0.247. The Labute approximate surface area is 127 Å². The maximum Gasteiger partial charge on any atom is 0.162 e. The van der Waals surface area contributed by atoms with E-state index in [2.05, 4.69) is 26.8 Å². The third-order valence-corrected chi connectivity index (χ3v) is 3.05. The molecule has 0 spiro atoms. The summed E-state index contributed by atoms with van der Waals surface area (Å²) in [6.45, 7) is 0.247. The molecule has 3 N–H and O–H groups in total. The molecule has 0 aliphatic rings. The van der Waals surface area contributed by atoms with Gasteiger partial charge in [0.05, 0.1) is 18.2 Å². The molecule has 6 nitrogen and oxygen atoms in total. The molecule has 1 aromatic carbocycles. The van der Waals surface area contributed by atoms with E-state index in [1.165, 1.54) is 6.33 Å². The third kappa shape index (κ3) is 2.79. The first kappa shape index (κ1) is 13.8. The number of para-hydroxylation sites is 2. The molecule has 0 atom stereocenters. The molecule has 0 fully saturated rings. The second-order valence-electron chi connectivity index (χ2n) is 4.45. The highest BCUT2D eigenvalue weighted by molar-refractivity contribution is 5.87. The van der Waals surface area contributed by atoms with Gasteiger partial charge in [-0.05, 0) is 24.1 Å². The van der Waals surface area contributed by atoms with E-state index in [0.717, 1.165) is 5.39 Å². The van der Waals surface area contributed by atoms with E-state index in [1.807, 2.05) is 30.3 Å². The molecule has 0 amide bonds. The lowest BCUT2D eigenvalue weighted by molar-refractivity contribution is 0.331. The minimum absolute atomic E-state index is 0.247. The molecule has 110 valence electrons. The number of H-pyrrole nitrogens is 1. The van der Waals surface area contributed by atoms with E-state index in [-0.39, 0.29) is 6.61 Å². The maximum atomic E-state index is 5.77. The van der Waals surface area contributed by atoms with Crippen LogP contribution in [0.25, 0.3) is 11.0 Å². The molecule has 22 heavy (non-hydrogen) atoms. The van der Waals surface area contributed by atoms with Crippen LogP contribution in [0.15, 0.2) is 36.7 Å². The van der Waals surface area contributed by atoms with Gasteiger partial charge in [0, 0.05) is 0 Å². The van der Waals surface area contributed by atoms with Crippen LogP contribution in [0, 0.1) is 11.8 Å². The van der Waals surface area contributed by atoms with E-state index >= 15 is 0 Å². The first-order valence-electron chi connectivity index (χ1n) is 6.62. The molecule has 0 saturated heterocycles. The molecule has 0 aliphatic heterocycles. The fourth-order valence-corrected chi connectivity index (χ4v) is 2.01. The van der Waals surface area contributed by atoms with Crippen molar-refractivity contribution >= 4 is 16.9 Å². The fourth-order valence-electron chi connectivity index (χ4n) is 2.01. The van der Waals surface area contributed by atoms with Crippen LogP contribution in [-0.2, 0) is 0 Å². The zero-order chi connectivity index (χ0) is 15.4. The van der Waals surface area contributed by atoms with Gasteiger partial charge in [0.15, 0.2) is 11.5 Å². The Morgan fingerprint density at radius 3 is 2.82 bits per heavy atom. The Morgan fingerprint density at radius 2 is 2.05 bits per heavy atom. The fraction of sp³-hybridized carbons (Fsp3) is 0.125. The van der Waals surface area contributed by atoms with Crippen molar-refractivity contribution in [2.45, 2.75) is 0 Å². The van der Waals surface area contributed by atoms with Gasteiger partial charge in [0.1, 0.15) is 24.4 Å². The number of ether oxygens (including phenoxy) is 2. The molecule has 3 aromatic rings. The number of nitrogens with two attached hydrogens (primary N) is 1. The number of nitrogens with zero attached hydrogens (tertiary/aromatic N) is 2. The molecule has 0 radical (unpaired) electrons. The number of nitrogen functional groups attached to an aromatic ring is 1. The van der Waals surface area contributed by atoms with Crippen LogP contribution in [-0.4, -0.2) is 28.7 Å². The summed E-state index contributed by atoms with van der Waals surface area (Å²) < 4.78 is 10.8. The van der Waals surface area contributed by atoms with Gasteiger partial charge in [-0.15, -0.1) is 0 Å². The quantitative estimate of drug-likeness (QED) is 0.721. The Morgan fingerprint density at radius 1 is 1.23 bits per heavy atom. The zero-order valence-electron chi connectivity index (χ0n) is 12.0. The number of rotatable bonds is 3. The van der Waals surface area contributed by atoms with Crippen LogP contribution in [0.5, 0.6) is 11.5 Å². The third-order valence-electron chi connectivity index (χ3n) is 3.05. The van der Waals surface area contributed by atoms with E-state index in [9.17, 15) is 0 Å². The van der Waals surface area contributed by atoms with E-state index in [4.69, 9.17) is 15.2 Å². The lowest BCUT2D eigenvalue weighted by Crippen LogP contribution is -1.96. The summed E-state index contributed by atoms with van der Waals surface area (Å²) in [5, 5.41) is 0.762. The lowest BCUT2D eigenvalue weighted by atomic mass is 10.3. The van der Waals surface area contributed by atoms with E-state index < -0.39 is 0 Å². The molecule has 0 saturated carbocycles. The number of hydrogen-bond acceptors (Lipinski definition) is 5. The van der Waals surface area contributed by atoms with Crippen molar-refractivity contribution in [1.82, 2.24) is 15.0 Å². The summed E-state index contributed by atoms with van der Waals surface area (Å²) in [6.07, 6.45) is 1.41. The van der Waals surface area contributed by atoms with Crippen molar-refractivity contribution in [3.05, 3.63) is 42.4 Å². The van der Waals surface area contributed by atoms with Crippen LogP contribution >= 0.6 is 0 Å². The summed E-state index contributed by atoms with van der Waals surface area (Å²) in [7, 11) is 1.60. The van der Waals surface area contributed by atoms with Crippen molar-refractivity contribution < 1.29 is 9.47 Å². The summed E-state index contributed by atoms with van der Waals surface area (Å²) in [6, 6.07) is 9.25. The van der Waals surface area contributed by atoms with Gasteiger partial charge in [-0.1, -0.05) is 18.1 Å². The van der Waals surface area contributed by atoms with Gasteiger partial charge in [-0.3, -0.25) is 0 Å². The summed E-state index contributed by atoms with van der Waals surface area (Å²) in [5.74, 6) is 7.68. The van der Waals surface area contributed by atoms with E-state index in [1.54, 1.807) is 7.11 Å². The topological polar surface area (TPSA) is 86.1 Å². The summed E-state index contributed by atoms with van der Waals surface area (Å²) >= 11 is 0. The van der Waals surface area contributed by atoms with Crippen molar-refractivity contribution in [2.75, 3.05) is 19.5 Å². The maximum absolute atomic E-state index is 5.77. The second kappa shape index (κ2) is 6.06. The standard InChI is InChI=1S/C16H14N4O2/c1-21-13-6-2-3-7-14(13)22-8-4-5-11-9-12-15(17)18-10-19-16(12)20-11/h2-3,6-7,9-10H,8H2,1H3,(H3,17,18,19,20). The van der Waals surface area contributed by atoms with Crippen molar-refractivity contribution in [3.8, 4) is 23.3 Å². The monoisotopic (exact) mass is 294 g/mol. The predicted molar refractivity (Wildman–Crippen MR) is 83.7 cm³/mol. The average molecular weight is 294 g/mol. The summed E-state index contributed by atoms with van der Waals surface area (Å²) in [4.78, 5) is 11.1. The zero-order valence-corrected chi connectivity index (χ0v) is 12.0. The first-order valence-corrected chi connectivity index (χ1v) is 6.62. The van der Waals surface area contributed by atoms with Crippen molar-refractivity contribution in [1.29, 1.82) is 0 Å². The molecule has 0 bridgehead atoms. The number of nitrogens with one attached hydrogen (secondary N) is 1. The van der Waals surface area contributed by atoms with Crippen molar-refractivity contribution in [3.63, 3.8) is 0 Å². The van der Waals surface area contributed by atoms with E-state index in [0.29, 0.717) is 28.7 Å². The smallest absolute Gasteiger partial charge is 0.162 e. The number of aromatic nitrogens is 3. The Hall–Kier alpha value is -3.20. The van der Waals surface area contributed by atoms with Gasteiger partial charge < -0.3 is 20.2 Å². The predicted octanol–water partition coefficient (Wildman–Crippen LogP) is 1.98. The molecular formula is C16H14N4O2. The van der Waals surface area contributed by atoms with Crippen LogP contribution in [0.3, 0.4) is 0 Å². The summed E-state index contributed by atoms with van der Waals surface area (Å²) in [5.41, 5.74) is 7.16. The number of anilines is 1. The first-order chi connectivity index (χ1) is 10.8. The number of methoxy groups -OCH3 is 1. The van der Waals surface area contributed by atoms with Crippen LogP contribution in [0.4, 0.5) is 5.82 Å². The average Bonchev–Trinajstić information content (AvgIpc) is 2.96. The normalized spacial score (nSPS) is 10.0. The highest BCUT2D eigenvalue weighted by Crippen LogP contribution is 2.25. The minimum Gasteiger partial charge on any atom is -0.493 e. The second-order valence-corrected chi connectivity index (χ2v) is 4.45. The number of aromatic amines is 1. The van der Waals surface area contributed by atoms with Gasteiger partial charge in [-0.2, -0.15) is 0 Å². The van der Waals surface area contributed by atoms with Crippen LogP contribution in [0.1, 0.15) is 5.69 Å². The highest BCUT2D eigenvalue weighted by Gasteiger charge is 2.03. The SMILES string of the molecule is COc1ccccc1OCC#Cc1cc2c(N)ncnc2[nH]1. The lowest BCUT2D eigenvalue weighted by Gasteiger charge is -2.06. The van der Waals surface area contributed by atoms with Gasteiger partial charge >= 0.3 is 0 Å². The van der Waals surface area contributed by atoms with Crippen molar-refractivity contribution in [2.24, 2.45) is 0 Å². The number of hydrogen-bond donors (Lipinski definition) is 2. The van der Waals surface area contributed by atoms with Gasteiger partial charge in [0.2, 0.25) is 0 Å². The van der Waals surface area contributed by atoms with Gasteiger partial charge in [-0.25, -0.2) is 9.97 Å². The number of benzene rings is 1. The van der Waals surface area contributed by atoms with Crippen LogP contribution < -0.4 is 15.2 Å². The molecule has 2 aromatic heterocycles.